The number of hydrogen-bond donors (Lipinski definition) is 0. The number of hydrogen-bond acceptors (Lipinski definition) is 0. The molecule has 0 unspecified atom stereocenters. The first-order valence-corrected chi connectivity index (χ1v) is 12.8. The van der Waals surface area contributed by atoms with Crippen LogP contribution in [-0.4, -0.2) is 6.18 Å². The smallest absolute Gasteiger partial charge is 0.212 e. The van der Waals surface area contributed by atoms with Crippen LogP contribution in [0.3, 0.4) is 0 Å². The second-order valence-electron chi connectivity index (χ2n) is 10.9. The van der Waals surface area contributed by atoms with Gasteiger partial charge in [0.1, 0.15) is 5.83 Å². The summed E-state index contributed by atoms with van der Waals surface area (Å²) in [6.07, 6.45) is 8.81. The van der Waals surface area contributed by atoms with Crippen LogP contribution in [0.5, 0.6) is 0 Å². The van der Waals surface area contributed by atoms with Crippen molar-refractivity contribution in [1.82, 2.24) is 0 Å². The molecule has 1 aromatic rings. The monoisotopic (exact) mass is 450 g/mol. The Balaban J connectivity index is 1.26. The van der Waals surface area contributed by atoms with Crippen LogP contribution in [0.1, 0.15) is 107 Å². The van der Waals surface area contributed by atoms with Crippen LogP contribution in [-0.2, 0) is 0 Å². The molecular formula is C28H38F4. The van der Waals surface area contributed by atoms with Crippen molar-refractivity contribution < 1.29 is 17.6 Å². The summed E-state index contributed by atoms with van der Waals surface area (Å²) >= 11 is 0. The third-order valence-electron chi connectivity index (χ3n) is 8.80. The number of alkyl halides is 3. The molecule has 3 aliphatic rings. The molecule has 3 fully saturated rings. The maximum absolute atomic E-state index is 13.9. The summed E-state index contributed by atoms with van der Waals surface area (Å²) in [5.74, 6) is 2.25. The first kappa shape index (κ1) is 23.8. The van der Waals surface area contributed by atoms with Gasteiger partial charge in [-0.2, -0.15) is 13.2 Å². The van der Waals surface area contributed by atoms with E-state index in [9.17, 15) is 17.6 Å². The molecule has 178 valence electrons. The van der Waals surface area contributed by atoms with Crippen molar-refractivity contribution in [3.63, 3.8) is 0 Å². The second kappa shape index (κ2) is 10.3. The Morgan fingerprint density at radius 2 is 1.09 bits per heavy atom. The highest BCUT2D eigenvalue weighted by molar-refractivity contribution is 5.28. The lowest BCUT2D eigenvalue weighted by Crippen LogP contribution is -2.24. The Morgan fingerprint density at radius 3 is 1.53 bits per heavy atom. The zero-order valence-electron chi connectivity index (χ0n) is 19.3. The summed E-state index contributed by atoms with van der Waals surface area (Å²) < 4.78 is 51.1. The lowest BCUT2D eigenvalue weighted by molar-refractivity contribution is -0.0820. The first-order valence-electron chi connectivity index (χ1n) is 12.8. The fraction of sp³-hybridized carbons (Fsp3) is 0.714. The lowest BCUT2D eigenvalue weighted by atomic mass is 9.68. The molecular weight excluding hydrogens is 412 g/mol. The molecule has 0 saturated heterocycles. The molecule has 4 rings (SSSR count). The van der Waals surface area contributed by atoms with Crippen LogP contribution < -0.4 is 0 Å². The third-order valence-corrected chi connectivity index (χ3v) is 8.80. The minimum Gasteiger partial charge on any atom is -0.212 e. The van der Waals surface area contributed by atoms with E-state index in [0.717, 1.165) is 30.6 Å². The molecule has 32 heavy (non-hydrogen) atoms. The van der Waals surface area contributed by atoms with Crippen molar-refractivity contribution in [3.8, 4) is 0 Å². The Kier molecular flexibility index (Phi) is 7.67. The highest BCUT2D eigenvalue weighted by atomic mass is 19.4. The molecule has 0 spiro atoms. The number of benzene rings is 1. The van der Waals surface area contributed by atoms with Gasteiger partial charge >= 0.3 is 6.18 Å². The van der Waals surface area contributed by atoms with Crippen LogP contribution in [0.2, 0.25) is 0 Å². The minimum absolute atomic E-state index is 0.156. The van der Waals surface area contributed by atoms with Crippen molar-refractivity contribution in [2.24, 2.45) is 23.7 Å². The highest BCUT2D eigenvalue weighted by Gasteiger charge is 2.32. The number of allylic oxidation sites excluding steroid dienone is 2. The van der Waals surface area contributed by atoms with E-state index in [-0.39, 0.29) is 6.08 Å². The van der Waals surface area contributed by atoms with Crippen molar-refractivity contribution in [3.05, 3.63) is 47.3 Å². The molecule has 0 radical (unpaired) electrons. The Hall–Kier alpha value is -1.32. The molecule has 3 saturated carbocycles. The maximum Gasteiger partial charge on any atom is 0.412 e. The molecule has 0 heterocycles. The van der Waals surface area contributed by atoms with Crippen LogP contribution in [0.25, 0.3) is 0 Å². The quantitative estimate of drug-likeness (QED) is 0.401. The van der Waals surface area contributed by atoms with Gasteiger partial charge in [-0.05, 0) is 105 Å². The van der Waals surface area contributed by atoms with E-state index in [1.54, 1.807) is 0 Å². The summed E-state index contributed by atoms with van der Waals surface area (Å²) in [7, 11) is 0. The summed E-state index contributed by atoms with van der Waals surface area (Å²) in [5, 5.41) is 0. The van der Waals surface area contributed by atoms with Gasteiger partial charge in [0, 0.05) is 5.92 Å². The molecule has 3 aliphatic carbocycles. The molecule has 0 atom stereocenters. The summed E-state index contributed by atoms with van der Waals surface area (Å²) in [4.78, 5) is 0. The van der Waals surface area contributed by atoms with E-state index in [1.165, 1.54) is 62.5 Å². The Bertz CT molecular complexity index is 739. The van der Waals surface area contributed by atoms with E-state index >= 15 is 0 Å². The zero-order chi connectivity index (χ0) is 22.7. The van der Waals surface area contributed by atoms with E-state index in [0.29, 0.717) is 24.7 Å². The van der Waals surface area contributed by atoms with Crippen molar-refractivity contribution in [2.45, 2.75) is 102 Å². The SMILES string of the molecule is CC1CCC(C2CCC(c3ccc(C4CCC(/C(F)=C/C(F)(F)F)CC4)cc3)CC2)CC1. The predicted octanol–water partition coefficient (Wildman–Crippen LogP) is 9.48. The van der Waals surface area contributed by atoms with Gasteiger partial charge in [0.05, 0.1) is 6.08 Å². The van der Waals surface area contributed by atoms with Gasteiger partial charge in [-0.15, -0.1) is 0 Å². The molecule has 0 N–H and O–H groups in total. The van der Waals surface area contributed by atoms with Gasteiger partial charge < -0.3 is 0 Å². The van der Waals surface area contributed by atoms with Gasteiger partial charge in [0.25, 0.3) is 0 Å². The molecule has 0 amide bonds. The van der Waals surface area contributed by atoms with Crippen molar-refractivity contribution in [2.75, 3.05) is 0 Å². The molecule has 0 aliphatic heterocycles. The average molecular weight is 451 g/mol. The molecule has 1 aromatic carbocycles. The van der Waals surface area contributed by atoms with Crippen LogP contribution in [0, 0.1) is 23.7 Å². The summed E-state index contributed by atoms with van der Waals surface area (Å²) in [5.41, 5.74) is 2.70. The van der Waals surface area contributed by atoms with E-state index in [1.807, 2.05) is 0 Å². The molecule has 0 bridgehead atoms. The fourth-order valence-corrected chi connectivity index (χ4v) is 6.70. The number of halogens is 4. The van der Waals surface area contributed by atoms with Gasteiger partial charge in [0.15, 0.2) is 0 Å². The second-order valence-corrected chi connectivity index (χ2v) is 10.9. The highest BCUT2D eigenvalue weighted by Crippen LogP contribution is 2.44. The normalized spacial score (nSPS) is 35.0. The molecule has 0 aromatic heterocycles. The van der Waals surface area contributed by atoms with E-state index in [4.69, 9.17) is 0 Å². The minimum atomic E-state index is -4.56. The fourth-order valence-electron chi connectivity index (χ4n) is 6.70. The van der Waals surface area contributed by atoms with E-state index < -0.39 is 17.9 Å². The summed E-state index contributed by atoms with van der Waals surface area (Å²) in [6, 6.07) is 8.99. The van der Waals surface area contributed by atoms with Crippen molar-refractivity contribution in [1.29, 1.82) is 0 Å². The third kappa shape index (κ3) is 6.17. The largest absolute Gasteiger partial charge is 0.412 e. The maximum atomic E-state index is 13.9. The Labute approximate surface area is 190 Å². The van der Waals surface area contributed by atoms with Gasteiger partial charge in [-0.1, -0.05) is 44.0 Å². The van der Waals surface area contributed by atoms with Crippen LogP contribution in [0.15, 0.2) is 36.2 Å². The Morgan fingerprint density at radius 1 is 0.688 bits per heavy atom. The lowest BCUT2D eigenvalue weighted by Gasteiger charge is -2.37. The van der Waals surface area contributed by atoms with Gasteiger partial charge in [-0.3, -0.25) is 0 Å². The van der Waals surface area contributed by atoms with Crippen LogP contribution >= 0.6 is 0 Å². The van der Waals surface area contributed by atoms with Crippen molar-refractivity contribution >= 4 is 0 Å². The average Bonchev–Trinajstić information content (AvgIpc) is 2.79. The van der Waals surface area contributed by atoms with Gasteiger partial charge in [-0.25, -0.2) is 4.39 Å². The standard InChI is InChI=1S/C28H38F4/c1-19-2-4-20(5-3-19)21-6-8-22(9-7-21)23-10-12-24(13-11-23)25-14-16-26(17-15-25)27(29)18-28(30,31)32/h10-13,18-22,25-26H,2-9,14-17H2,1H3/b27-18-. The molecule has 4 heteroatoms. The predicted molar refractivity (Wildman–Crippen MR) is 122 cm³/mol. The number of rotatable bonds is 4. The topological polar surface area (TPSA) is 0 Å². The van der Waals surface area contributed by atoms with E-state index in [2.05, 4.69) is 31.2 Å². The van der Waals surface area contributed by atoms with Crippen LogP contribution in [0.4, 0.5) is 17.6 Å². The first-order chi connectivity index (χ1) is 15.3. The zero-order valence-corrected chi connectivity index (χ0v) is 19.3. The summed E-state index contributed by atoms with van der Waals surface area (Å²) in [6.45, 7) is 2.39. The molecule has 0 nitrogen and oxygen atoms in total. The van der Waals surface area contributed by atoms with Gasteiger partial charge in [0.2, 0.25) is 0 Å².